The van der Waals surface area contributed by atoms with Crippen molar-refractivity contribution in [3.8, 4) is 17.2 Å². The molecule has 2 rings (SSSR count). The van der Waals surface area contributed by atoms with E-state index in [4.69, 9.17) is 21.1 Å². The number of nitrogens with zero attached hydrogens (tertiary/aromatic N) is 1. The van der Waals surface area contributed by atoms with Crippen molar-refractivity contribution < 1.29 is 19.2 Å². The lowest BCUT2D eigenvalue weighted by Gasteiger charge is -2.14. The molecule has 1 atom stereocenters. The van der Waals surface area contributed by atoms with Crippen LogP contribution in [0.2, 0.25) is 5.02 Å². The monoisotopic (exact) mass is 393 g/mol. The van der Waals surface area contributed by atoms with E-state index in [1.807, 2.05) is 14.0 Å². The summed E-state index contributed by atoms with van der Waals surface area (Å²) < 4.78 is 10.9. The lowest BCUT2D eigenvalue weighted by atomic mass is 10.2. The Morgan fingerprint density at radius 3 is 2.56 bits per heavy atom. The molecule has 1 amide bonds. The fourth-order valence-corrected chi connectivity index (χ4v) is 2.35. The van der Waals surface area contributed by atoms with Crippen LogP contribution in [0.25, 0.3) is 0 Å². The van der Waals surface area contributed by atoms with Crippen LogP contribution in [0.3, 0.4) is 0 Å². The molecule has 0 aliphatic rings. The molecule has 1 unspecified atom stereocenters. The zero-order chi connectivity index (χ0) is 20.0. The van der Waals surface area contributed by atoms with Crippen molar-refractivity contribution in [1.29, 1.82) is 0 Å². The van der Waals surface area contributed by atoms with Crippen LogP contribution in [0, 0.1) is 10.1 Å². The molecule has 0 bridgehead atoms. The predicted molar refractivity (Wildman–Crippen MR) is 102 cm³/mol. The number of nitro benzene ring substituents is 1. The first-order valence-corrected chi connectivity index (χ1v) is 8.48. The molecule has 0 heterocycles. The minimum absolute atomic E-state index is 0.0164. The number of nitro groups is 1. The number of methoxy groups -OCH3 is 1. The maximum atomic E-state index is 12.2. The molecular weight excluding hydrogens is 374 g/mol. The Hall–Kier alpha value is -2.84. The highest BCUT2D eigenvalue weighted by molar-refractivity contribution is 6.30. The first kappa shape index (κ1) is 20.5. The van der Waals surface area contributed by atoms with Gasteiger partial charge in [-0.05, 0) is 44.3 Å². The molecule has 0 spiro atoms. The topological polar surface area (TPSA) is 103 Å². The van der Waals surface area contributed by atoms with Gasteiger partial charge < -0.3 is 20.1 Å². The highest BCUT2D eigenvalue weighted by atomic mass is 35.5. The second-order valence-corrected chi connectivity index (χ2v) is 6.17. The Bertz CT molecular complexity index is 844. The molecule has 9 heteroatoms. The first-order chi connectivity index (χ1) is 12.8. The highest BCUT2D eigenvalue weighted by Crippen LogP contribution is 2.37. The van der Waals surface area contributed by atoms with Gasteiger partial charge in [0.25, 0.3) is 5.91 Å². The summed E-state index contributed by atoms with van der Waals surface area (Å²) in [5.74, 6) is 0.263. The minimum atomic E-state index is -0.585. The summed E-state index contributed by atoms with van der Waals surface area (Å²) in [7, 11) is 3.23. The number of benzene rings is 2. The molecule has 0 radical (unpaired) electrons. The van der Waals surface area contributed by atoms with Crippen LogP contribution in [0.1, 0.15) is 17.3 Å². The quantitative estimate of drug-likeness (QED) is 0.526. The number of likely N-dealkylation sites (N-methyl/N-ethyl adjacent to an activating group) is 1. The number of carbonyl (C=O) groups is 1. The summed E-state index contributed by atoms with van der Waals surface area (Å²) in [5.41, 5.74) is 0.112. The number of ether oxygens (including phenoxy) is 2. The van der Waals surface area contributed by atoms with Crippen molar-refractivity contribution in [3.05, 3.63) is 57.1 Å². The summed E-state index contributed by atoms with van der Waals surface area (Å²) in [5, 5.41) is 17.2. The molecule has 0 saturated carbocycles. The number of hydrogen-bond acceptors (Lipinski definition) is 6. The van der Waals surface area contributed by atoms with Gasteiger partial charge in [-0.3, -0.25) is 14.9 Å². The zero-order valence-corrected chi connectivity index (χ0v) is 15.9. The number of halogens is 1. The molecule has 27 heavy (non-hydrogen) atoms. The van der Waals surface area contributed by atoms with Crippen molar-refractivity contribution >= 4 is 23.2 Å². The third kappa shape index (κ3) is 5.32. The average Bonchev–Trinajstić information content (AvgIpc) is 2.67. The molecule has 0 aromatic heterocycles. The Morgan fingerprint density at radius 2 is 1.93 bits per heavy atom. The summed E-state index contributed by atoms with van der Waals surface area (Å²) in [4.78, 5) is 22.9. The number of hydrogen-bond donors (Lipinski definition) is 2. The second-order valence-electron chi connectivity index (χ2n) is 5.74. The Morgan fingerprint density at radius 1 is 1.22 bits per heavy atom. The standard InChI is InChI=1S/C18H20ClN3O5/c1-11(20-2)10-21-18(23)12-4-6-16(17(8-12)26-3)27-15-7-5-13(19)9-14(15)22(24)25/h4-9,11,20H,10H2,1-3H3,(H,21,23). The van der Waals surface area contributed by atoms with Gasteiger partial charge in [0.1, 0.15) is 0 Å². The van der Waals surface area contributed by atoms with Gasteiger partial charge in [0.15, 0.2) is 11.5 Å². The first-order valence-electron chi connectivity index (χ1n) is 8.11. The smallest absolute Gasteiger partial charge is 0.313 e. The predicted octanol–water partition coefficient (Wildman–Crippen LogP) is 3.39. The third-order valence-electron chi connectivity index (χ3n) is 3.83. The molecular formula is C18H20ClN3O5. The van der Waals surface area contributed by atoms with Gasteiger partial charge in [0.2, 0.25) is 5.75 Å². The average molecular weight is 394 g/mol. The van der Waals surface area contributed by atoms with Crippen LogP contribution in [-0.4, -0.2) is 37.6 Å². The van der Waals surface area contributed by atoms with E-state index < -0.39 is 4.92 Å². The number of nitrogens with one attached hydrogen (secondary N) is 2. The number of rotatable bonds is 8. The molecule has 0 aliphatic heterocycles. The SMILES string of the molecule is CNC(C)CNC(=O)c1ccc(Oc2ccc(Cl)cc2[N+](=O)[O-])c(OC)c1. The van der Waals surface area contributed by atoms with Crippen LogP contribution in [0.5, 0.6) is 17.2 Å². The molecule has 2 N–H and O–H groups in total. The van der Waals surface area contributed by atoms with Gasteiger partial charge in [0, 0.05) is 29.2 Å². The van der Waals surface area contributed by atoms with Crippen molar-refractivity contribution in [2.75, 3.05) is 20.7 Å². The zero-order valence-electron chi connectivity index (χ0n) is 15.1. The maximum absolute atomic E-state index is 12.2. The summed E-state index contributed by atoms with van der Waals surface area (Å²) >= 11 is 5.81. The van der Waals surface area contributed by atoms with Crippen molar-refractivity contribution in [3.63, 3.8) is 0 Å². The van der Waals surface area contributed by atoms with E-state index in [-0.39, 0.29) is 39.9 Å². The van der Waals surface area contributed by atoms with Crippen molar-refractivity contribution in [1.82, 2.24) is 10.6 Å². The van der Waals surface area contributed by atoms with Crippen LogP contribution in [0.4, 0.5) is 5.69 Å². The van der Waals surface area contributed by atoms with Crippen molar-refractivity contribution in [2.24, 2.45) is 0 Å². The summed E-state index contributed by atoms with van der Waals surface area (Å²) in [6, 6.07) is 8.81. The van der Waals surface area contributed by atoms with E-state index in [2.05, 4.69) is 10.6 Å². The van der Waals surface area contributed by atoms with Gasteiger partial charge >= 0.3 is 5.69 Å². The van der Waals surface area contributed by atoms with Gasteiger partial charge in [-0.25, -0.2) is 0 Å². The molecule has 8 nitrogen and oxygen atoms in total. The molecule has 2 aromatic rings. The maximum Gasteiger partial charge on any atom is 0.313 e. The lowest BCUT2D eigenvalue weighted by molar-refractivity contribution is -0.385. The van der Waals surface area contributed by atoms with Gasteiger partial charge in [-0.2, -0.15) is 0 Å². The van der Waals surface area contributed by atoms with Gasteiger partial charge in [-0.1, -0.05) is 11.6 Å². The molecule has 0 saturated heterocycles. The van der Waals surface area contributed by atoms with E-state index in [0.717, 1.165) is 0 Å². The second kappa shape index (κ2) is 9.20. The molecule has 144 valence electrons. The van der Waals surface area contributed by atoms with E-state index in [1.54, 1.807) is 6.07 Å². The fraction of sp³-hybridized carbons (Fsp3) is 0.278. The van der Waals surface area contributed by atoms with Crippen molar-refractivity contribution in [2.45, 2.75) is 13.0 Å². The van der Waals surface area contributed by atoms with E-state index >= 15 is 0 Å². The third-order valence-corrected chi connectivity index (χ3v) is 4.06. The molecule has 2 aromatic carbocycles. The Labute approximate surface area is 161 Å². The van der Waals surface area contributed by atoms with E-state index in [1.165, 1.54) is 37.4 Å². The normalized spacial score (nSPS) is 11.6. The van der Waals surface area contributed by atoms with E-state index in [9.17, 15) is 14.9 Å². The number of carbonyl (C=O) groups excluding carboxylic acids is 1. The fourth-order valence-electron chi connectivity index (χ4n) is 2.18. The van der Waals surface area contributed by atoms with Crippen LogP contribution in [0.15, 0.2) is 36.4 Å². The Kier molecular flexibility index (Phi) is 6.98. The van der Waals surface area contributed by atoms with E-state index in [0.29, 0.717) is 12.1 Å². The van der Waals surface area contributed by atoms with Crippen LogP contribution >= 0.6 is 11.6 Å². The highest BCUT2D eigenvalue weighted by Gasteiger charge is 2.19. The summed E-state index contributed by atoms with van der Waals surface area (Å²) in [6.07, 6.45) is 0. The molecule has 0 fully saturated rings. The number of amides is 1. The largest absolute Gasteiger partial charge is 0.493 e. The lowest BCUT2D eigenvalue weighted by Crippen LogP contribution is -2.37. The van der Waals surface area contributed by atoms with Gasteiger partial charge in [0.05, 0.1) is 12.0 Å². The van der Waals surface area contributed by atoms with Crippen LogP contribution < -0.4 is 20.1 Å². The molecule has 0 aliphatic carbocycles. The van der Waals surface area contributed by atoms with Crippen LogP contribution in [-0.2, 0) is 0 Å². The van der Waals surface area contributed by atoms with Gasteiger partial charge in [-0.15, -0.1) is 0 Å². The Balaban J connectivity index is 2.24. The minimum Gasteiger partial charge on any atom is -0.493 e. The summed E-state index contributed by atoms with van der Waals surface area (Å²) in [6.45, 7) is 2.41.